The van der Waals surface area contributed by atoms with E-state index < -0.39 is 11.9 Å². The average molecular weight is 422 g/mol. The van der Waals surface area contributed by atoms with Crippen molar-refractivity contribution in [1.82, 2.24) is 10.6 Å². The Morgan fingerprint density at radius 2 is 1.44 bits per heavy atom. The van der Waals surface area contributed by atoms with Gasteiger partial charge in [-0.2, -0.15) is 0 Å². The van der Waals surface area contributed by atoms with Crippen LogP contribution in [-0.2, 0) is 9.59 Å². The SMILES string of the molecule is O=C1NC(=O)/C(=C\c2ccc(N/C(=C3\C(=O)Nc4ccccc43)c3ccccc3)cc2)N1. The summed E-state index contributed by atoms with van der Waals surface area (Å²) in [7, 11) is 0. The van der Waals surface area contributed by atoms with Gasteiger partial charge < -0.3 is 16.0 Å². The Balaban J connectivity index is 1.51. The maximum atomic E-state index is 12.9. The van der Waals surface area contributed by atoms with E-state index in [1.54, 1.807) is 6.08 Å². The minimum Gasteiger partial charge on any atom is -0.354 e. The van der Waals surface area contributed by atoms with Crippen molar-refractivity contribution in [2.24, 2.45) is 0 Å². The van der Waals surface area contributed by atoms with E-state index in [4.69, 9.17) is 0 Å². The Labute approximate surface area is 183 Å². The van der Waals surface area contributed by atoms with Crippen molar-refractivity contribution in [2.45, 2.75) is 0 Å². The molecule has 3 aromatic carbocycles. The molecule has 0 radical (unpaired) electrons. The number of nitrogens with one attached hydrogen (secondary N) is 4. The first kappa shape index (κ1) is 19.3. The van der Waals surface area contributed by atoms with Gasteiger partial charge in [-0.05, 0) is 35.4 Å². The van der Waals surface area contributed by atoms with E-state index in [1.807, 2.05) is 78.9 Å². The van der Waals surface area contributed by atoms with Crippen LogP contribution in [0.25, 0.3) is 17.3 Å². The number of benzene rings is 3. The van der Waals surface area contributed by atoms with Gasteiger partial charge >= 0.3 is 6.03 Å². The minimum atomic E-state index is -0.534. The standard InChI is InChI=1S/C25H18N4O3/c30-23-20(28-25(32)29-23)14-15-10-12-17(13-11-15)26-22(16-6-2-1-3-7-16)21-18-8-4-5-9-19(18)27-24(21)31/h1-14,26H,(H,27,31)(H2,28,29,30,32)/b20-14+,22-21-. The van der Waals surface area contributed by atoms with Crippen LogP contribution < -0.4 is 21.3 Å². The summed E-state index contributed by atoms with van der Waals surface area (Å²) in [5, 5.41) is 11.0. The molecule has 7 nitrogen and oxygen atoms in total. The van der Waals surface area contributed by atoms with Crippen molar-refractivity contribution in [2.75, 3.05) is 10.6 Å². The highest BCUT2D eigenvalue weighted by atomic mass is 16.2. The van der Waals surface area contributed by atoms with Gasteiger partial charge in [0.2, 0.25) is 0 Å². The Bertz CT molecular complexity index is 1310. The Hall–Kier alpha value is -4.65. The number of hydrogen-bond acceptors (Lipinski definition) is 4. The molecule has 1 saturated heterocycles. The van der Waals surface area contributed by atoms with Gasteiger partial charge in [-0.15, -0.1) is 0 Å². The van der Waals surface area contributed by atoms with Gasteiger partial charge in [-0.1, -0.05) is 60.7 Å². The molecule has 2 aliphatic rings. The summed E-state index contributed by atoms with van der Waals surface area (Å²) in [6.45, 7) is 0. The summed E-state index contributed by atoms with van der Waals surface area (Å²) in [5.41, 5.74) is 5.49. The summed E-state index contributed by atoms with van der Waals surface area (Å²) in [4.78, 5) is 35.8. The molecule has 0 saturated carbocycles. The highest BCUT2D eigenvalue weighted by Crippen LogP contribution is 2.37. The van der Waals surface area contributed by atoms with Crippen LogP contribution in [0.3, 0.4) is 0 Å². The van der Waals surface area contributed by atoms with E-state index >= 15 is 0 Å². The van der Waals surface area contributed by atoms with Gasteiger partial charge in [0.15, 0.2) is 0 Å². The van der Waals surface area contributed by atoms with Crippen LogP contribution in [0.4, 0.5) is 16.2 Å². The largest absolute Gasteiger partial charge is 0.354 e. The topological polar surface area (TPSA) is 99.3 Å². The maximum absolute atomic E-state index is 12.9. The van der Waals surface area contributed by atoms with Gasteiger partial charge in [0, 0.05) is 16.9 Å². The van der Waals surface area contributed by atoms with Crippen molar-refractivity contribution in [3.8, 4) is 0 Å². The van der Waals surface area contributed by atoms with E-state index in [-0.39, 0.29) is 11.6 Å². The fourth-order valence-corrected chi connectivity index (χ4v) is 3.71. The predicted molar refractivity (Wildman–Crippen MR) is 123 cm³/mol. The quantitative estimate of drug-likeness (QED) is 0.380. The molecule has 0 aliphatic carbocycles. The predicted octanol–water partition coefficient (Wildman–Crippen LogP) is 3.80. The van der Waals surface area contributed by atoms with E-state index in [0.29, 0.717) is 11.3 Å². The van der Waals surface area contributed by atoms with Crippen LogP contribution in [0.5, 0.6) is 0 Å². The Kier molecular flexibility index (Phi) is 4.76. The molecule has 32 heavy (non-hydrogen) atoms. The van der Waals surface area contributed by atoms with Crippen LogP contribution in [-0.4, -0.2) is 17.8 Å². The fourth-order valence-electron chi connectivity index (χ4n) is 3.71. The lowest BCUT2D eigenvalue weighted by atomic mass is 10.00. The maximum Gasteiger partial charge on any atom is 0.326 e. The lowest BCUT2D eigenvalue weighted by Crippen LogP contribution is -2.22. The lowest BCUT2D eigenvalue weighted by molar-refractivity contribution is -0.115. The third kappa shape index (κ3) is 3.63. The number of anilines is 2. The summed E-state index contributed by atoms with van der Waals surface area (Å²) in [6, 6.07) is 24.1. The average Bonchev–Trinajstić information content (AvgIpc) is 3.30. The minimum absolute atomic E-state index is 0.165. The Morgan fingerprint density at radius 1 is 0.719 bits per heavy atom. The Morgan fingerprint density at radius 3 is 2.16 bits per heavy atom. The normalized spacial score (nSPS) is 17.5. The van der Waals surface area contributed by atoms with Gasteiger partial charge in [0.05, 0.1) is 11.3 Å². The summed E-state index contributed by atoms with van der Waals surface area (Å²) in [5.74, 6) is -0.624. The van der Waals surface area contributed by atoms with E-state index in [0.717, 1.165) is 28.1 Å². The van der Waals surface area contributed by atoms with Crippen molar-refractivity contribution in [1.29, 1.82) is 0 Å². The highest BCUT2D eigenvalue weighted by molar-refractivity contribution is 6.37. The van der Waals surface area contributed by atoms with Gasteiger partial charge in [-0.3, -0.25) is 14.9 Å². The zero-order valence-electron chi connectivity index (χ0n) is 16.8. The first-order chi connectivity index (χ1) is 15.6. The van der Waals surface area contributed by atoms with Crippen molar-refractivity contribution in [3.63, 3.8) is 0 Å². The molecule has 4 N–H and O–H groups in total. The van der Waals surface area contributed by atoms with Crippen LogP contribution in [0.2, 0.25) is 0 Å². The third-order valence-electron chi connectivity index (χ3n) is 5.20. The molecular formula is C25H18N4O3. The second-order valence-corrected chi connectivity index (χ2v) is 7.33. The smallest absolute Gasteiger partial charge is 0.326 e. The molecule has 156 valence electrons. The zero-order chi connectivity index (χ0) is 22.1. The number of fused-ring (bicyclic) bond motifs is 1. The van der Waals surface area contributed by atoms with Crippen LogP contribution in [0, 0.1) is 0 Å². The monoisotopic (exact) mass is 422 g/mol. The molecule has 1 fully saturated rings. The number of amides is 4. The molecular weight excluding hydrogens is 404 g/mol. The van der Waals surface area contributed by atoms with Gasteiger partial charge in [0.25, 0.3) is 11.8 Å². The number of imide groups is 1. The van der Waals surface area contributed by atoms with Crippen molar-refractivity contribution in [3.05, 3.63) is 101 Å². The van der Waals surface area contributed by atoms with E-state index in [1.165, 1.54) is 0 Å². The molecule has 7 heteroatoms. The molecule has 0 spiro atoms. The lowest BCUT2D eigenvalue weighted by Gasteiger charge is -2.15. The summed E-state index contributed by atoms with van der Waals surface area (Å²) >= 11 is 0. The number of para-hydroxylation sites is 1. The van der Waals surface area contributed by atoms with Crippen molar-refractivity contribution < 1.29 is 14.4 Å². The molecule has 0 atom stereocenters. The van der Waals surface area contributed by atoms with Gasteiger partial charge in [0.1, 0.15) is 5.70 Å². The molecule has 4 amide bonds. The molecule has 2 aliphatic heterocycles. The number of carbonyl (C=O) groups excluding carboxylic acids is 3. The number of hydrogen-bond donors (Lipinski definition) is 4. The van der Waals surface area contributed by atoms with Crippen LogP contribution >= 0.6 is 0 Å². The molecule has 3 aromatic rings. The first-order valence-corrected chi connectivity index (χ1v) is 10.00. The second-order valence-electron chi connectivity index (χ2n) is 7.33. The summed E-state index contributed by atoms with van der Waals surface area (Å²) in [6.07, 6.45) is 1.60. The second kappa shape index (κ2) is 7.88. The highest BCUT2D eigenvalue weighted by Gasteiger charge is 2.28. The van der Waals surface area contributed by atoms with Crippen LogP contribution in [0.1, 0.15) is 16.7 Å². The van der Waals surface area contributed by atoms with Crippen LogP contribution in [0.15, 0.2) is 84.6 Å². The van der Waals surface area contributed by atoms with E-state index in [9.17, 15) is 14.4 Å². The van der Waals surface area contributed by atoms with Gasteiger partial charge in [-0.25, -0.2) is 4.79 Å². The summed E-state index contributed by atoms with van der Waals surface area (Å²) < 4.78 is 0. The molecule has 0 aromatic heterocycles. The molecule has 5 rings (SSSR count). The van der Waals surface area contributed by atoms with Crippen molar-refractivity contribution >= 4 is 46.6 Å². The fraction of sp³-hybridized carbons (Fsp3) is 0. The number of carbonyl (C=O) groups is 3. The molecule has 0 bridgehead atoms. The molecule has 0 unspecified atom stereocenters. The first-order valence-electron chi connectivity index (χ1n) is 10.00. The molecule has 2 heterocycles. The van der Waals surface area contributed by atoms with E-state index in [2.05, 4.69) is 21.3 Å². The number of rotatable bonds is 4. The third-order valence-corrected chi connectivity index (χ3v) is 5.20. The number of urea groups is 1. The zero-order valence-corrected chi connectivity index (χ0v) is 16.8.